The highest BCUT2D eigenvalue weighted by atomic mass is 35.5. The van der Waals surface area contributed by atoms with Crippen molar-refractivity contribution in [1.82, 2.24) is 9.97 Å². The molecule has 25 heavy (non-hydrogen) atoms. The summed E-state index contributed by atoms with van der Waals surface area (Å²) in [7, 11) is 0. The summed E-state index contributed by atoms with van der Waals surface area (Å²) in [5, 5.41) is 3.55. The minimum absolute atomic E-state index is 0.253. The van der Waals surface area contributed by atoms with Crippen LogP contribution in [-0.2, 0) is 0 Å². The second-order valence-electron chi connectivity index (χ2n) is 5.48. The fraction of sp³-hybridized carbons (Fsp3) is 0. The van der Waals surface area contributed by atoms with Crippen LogP contribution in [0, 0.1) is 5.82 Å². The molecular formula is C20H12ClFN2S. The van der Waals surface area contributed by atoms with E-state index in [4.69, 9.17) is 16.6 Å². The lowest BCUT2D eigenvalue weighted by Gasteiger charge is -2.07. The maximum Gasteiger partial charge on any atom is 0.126 e. The molecule has 2 aromatic carbocycles. The minimum atomic E-state index is -0.253. The van der Waals surface area contributed by atoms with Crippen LogP contribution < -0.4 is 0 Å². The summed E-state index contributed by atoms with van der Waals surface area (Å²) in [6.07, 6.45) is 3.52. The molecule has 0 radical (unpaired) electrons. The first-order chi connectivity index (χ1) is 12.2. The first-order valence-corrected chi connectivity index (χ1v) is 8.88. The fourth-order valence-corrected chi connectivity index (χ4v) is 3.67. The molecule has 5 heteroatoms. The normalized spacial score (nSPS) is 10.8. The van der Waals surface area contributed by atoms with Gasteiger partial charge in [0.25, 0.3) is 0 Å². The summed E-state index contributed by atoms with van der Waals surface area (Å²) in [6.45, 7) is 0. The van der Waals surface area contributed by atoms with E-state index in [1.165, 1.54) is 12.1 Å². The Kier molecular flexibility index (Phi) is 4.30. The number of halogens is 2. The molecule has 0 fully saturated rings. The number of benzene rings is 2. The van der Waals surface area contributed by atoms with Gasteiger partial charge in [-0.05, 0) is 41.5 Å². The number of hydrogen-bond donors (Lipinski definition) is 0. The maximum absolute atomic E-state index is 13.2. The molecule has 0 aliphatic rings. The van der Waals surface area contributed by atoms with Crippen molar-refractivity contribution < 1.29 is 4.39 Å². The predicted molar refractivity (Wildman–Crippen MR) is 101 cm³/mol. The zero-order valence-electron chi connectivity index (χ0n) is 13.0. The van der Waals surface area contributed by atoms with Crippen LogP contribution in [0.2, 0.25) is 5.02 Å². The van der Waals surface area contributed by atoms with Crippen molar-refractivity contribution in [2.45, 2.75) is 0 Å². The van der Waals surface area contributed by atoms with Crippen molar-refractivity contribution in [2.75, 3.05) is 0 Å². The second kappa shape index (κ2) is 6.75. The number of rotatable bonds is 3. The molecule has 0 amide bonds. The van der Waals surface area contributed by atoms with E-state index in [0.717, 1.165) is 33.0 Å². The van der Waals surface area contributed by atoms with Gasteiger partial charge in [0.2, 0.25) is 0 Å². The standard InChI is InChI=1S/C20H12ClFN2S/c21-15-3-1-2-14(10-15)19-12-25-20(24-19)18-11-23-9-8-17(18)13-4-6-16(22)7-5-13/h1-12H. The molecule has 2 nitrogen and oxygen atoms in total. The SMILES string of the molecule is Fc1ccc(-c2ccncc2-c2nc(-c3cccc(Cl)c3)cs2)cc1. The van der Waals surface area contributed by atoms with Crippen LogP contribution in [-0.4, -0.2) is 9.97 Å². The van der Waals surface area contributed by atoms with Crippen LogP contribution in [0.4, 0.5) is 4.39 Å². The Morgan fingerprint density at radius 2 is 1.76 bits per heavy atom. The highest BCUT2D eigenvalue weighted by Gasteiger charge is 2.12. The predicted octanol–water partition coefficient (Wildman–Crippen LogP) is 6.33. The second-order valence-corrected chi connectivity index (χ2v) is 6.77. The third-order valence-corrected chi connectivity index (χ3v) is 4.94. The van der Waals surface area contributed by atoms with E-state index in [0.29, 0.717) is 5.02 Å². The van der Waals surface area contributed by atoms with Crippen LogP contribution in [0.1, 0.15) is 0 Å². The van der Waals surface area contributed by atoms with Crippen LogP contribution in [0.15, 0.2) is 72.4 Å². The van der Waals surface area contributed by atoms with Gasteiger partial charge < -0.3 is 0 Å². The van der Waals surface area contributed by atoms with Gasteiger partial charge in [-0.15, -0.1) is 11.3 Å². The average molecular weight is 367 g/mol. The Labute approximate surface area is 153 Å². The van der Waals surface area contributed by atoms with E-state index in [2.05, 4.69) is 4.98 Å². The van der Waals surface area contributed by atoms with E-state index >= 15 is 0 Å². The van der Waals surface area contributed by atoms with Gasteiger partial charge in [-0.3, -0.25) is 4.98 Å². The zero-order chi connectivity index (χ0) is 17.2. The van der Waals surface area contributed by atoms with Gasteiger partial charge in [0.1, 0.15) is 10.8 Å². The third kappa shape index (κ3) is 3.31. The summed E-state index contributed by atoms with van der Waals surface area (Å²) in [5.74, 6) is -0.253. The van der Waals surface area contributed by atoms with Crippen molar-refractivity contribution in [3.63, 3.8) is 0 Å². The van der Waals surface area contributed by atoms with Crippen molar-refractivity contribution in [3.05, 3.63) is 83.2 Å². The molecular weight excluding hydrogens is 355 g/mol. The molecule has 0 saturated carbocycles. The number of aromatic nitrogens is 2. The molecule has 0 N–H and O–H groups in total. The highest BCUT2D eigenvalue weighted by molar-refractivity contribution is 7.13. The van der Waals surface area contributed by atoms with Crippen molar-refractivity contribution in [1.29, 1.82) is 0 Å². The Balaban J connectivity index is 1.77. The molecule has 0 spiro atoms. The van der Waals surface area contributed by atoms with Crippen molar-refractivity contribution in [3.8, 4) is 33.0 Å². The van der Waals surface area contributed by atoms with E-state index in [-0.39, 0.29) is 5.82 Å². The van der Waals surface area contributed by atoms with Gasteiger partial charge in [-0.2, -0.15) is 0 Å². The molecule has 4 aromatic rings. The Bertz CT molecular complexity index is 1030. The van der Waals surface area contributed by atoms with Gasteiger partial charge in [-0.25, -0.2) is 9.37 Å². The topological polar surface area (TPSA) is 25.8 Å². The molecule has 0 atom stereocenters. The largest absolute Gasteiger partial charge is 0.264 e. The zero-order valence-corrected chi connectivity index (χ0v) is 14.6. The highest BCUT2D eigenvalue weighted by Crippen LogP contribution is 2.35. The number of pyridine rings is 1. The number of nitrogens with zero attached hydrogens (tertiary/aromatic N) is 2. The first-order valence-electron chi connectivity index (χ1n) is 7.62. The summed E-state index contributed by atoms with van der Waals surface area (Å²) >= 11 is 7.62. The smallest absolute Gasteiger partial charge is 0.126 e. The summed E-state index contributed by atoms with van der Waals surface area (Å²) in [4.78, 5) is 8.97. The van der Waals surface area contributed by atoms with Gasteiger partial charge in [-0.1, -0.05) is 35.9 Å². The maximum atomic E-state index is 13.2. The Morgan fingerprint density at radius 1 is 0.920 bits per heavy atom. The van der Waals surface area contributed by atoms with Gasteiger partial charge in [0.15, 0.2) is 0 Å². The first kappa shape index (κ1) is 15.9. The molecule has 2 aromatic heterocycles. The lowest BCUT2D eigenvalue weighted by molar-refractivity contribution is 0.628. The molecule has 2 heterocycles. The molecule has 0 bridgehead atoms. The lowest BCUT2D eigenvalue weighted by Crippen LogP contribution is -1.87. The van der Waals surface area contributed by atoms with Crippen molar-refractivity contribution in [2.24, 2.45) is 0 Å². The number of thiazole rings is 1. The van der Waals surface area contributed by atoms with Gasteiger partial charge in [0, 0.05) is 33.9 Å². The van der Waals surface area contributed by atoms with Gasteiger partial charge >= 0.3 is 0 Å². The van der Waals surface area contributed by atoms with Crippen molar-refractivity contribution >= 4 is 22.9 Å². The summed E-state index contributed by atoms with van der Waals surface area (Å²) in [6, 6.07) is 16.0. The Hall–Kier alpha value is -2.56. The minimum Gasteiger partial charge on any atom is -0.264 e. The molecule has 0 unspecified atom stereocenters. The lowest BCUT2D eigenvalue weighted by atomic mass is 10.0. The molecule has 0 aliphatic carbocycles. The molecule has 0 saturated heterocycles. The third-order valence-electron chi connectivity index (χ3n) is 3.83. The van der Waals surface area contributed by atoms with Crippen LogP contribution >= 0.6 is 22.9 Å². The van der Waals surface area contributed by atoms with Gasteiger partial charge in [0.05, 0.1) is 5.69 Å². The molecule has 122 valence electrons. The van der Waals surface area contributed by atoms with E-state index in [9.17, 15) is 4.39 Å². The van der Waals surface area contributed by atoms with E-state index in [1.54, 1.807) is 35.9 Å². The van der Waals surface area contributed by atoms with E-state index in [1.807, 2.05) is 35.7 Å². The monoisotopic (exact) mass is 366 g/mol. The van der Waals surface area contributed by atoms with Crippen LogP contribution in [0.5, 0.6) is 0 Å². The number of hydrogen-bond acceptors (Lipinski definition) is 3. The summed E-state index contributed by atoms with van der Waals surface area (Å²) < 4.78 is 13.2. The van der Waals surface area contributed by atoms with E-state index < -0.39 is 0 Å². The Morgan fingerprint density at radius 3 is 2.56 bits per heavy atom. The average Bonchev–Trinajstić information content (AvgIpc) is 3.12. The van der Waals surface area contributed by atoms with Crippen LogP contribution in [0.25, 0.3) is 33.0 Å². The molecule has 0 aliphatic heterocycles. The molecule has 4 rings (SSSR count). The fourth-order valence-electron chi connectivity index (χ4n) is 2.62. The summed E-state index contributed by atoms with van der Waals surface area (Å²) in [5.41, 5.74) is 4.67. The van der Waals surface area contributed by atoms with Crippen LogP contribution in [0.3, 0.4) is 0 Å². The quantitative estimate of drug-likeness (QED) is 0.423.